The van der Waals surface area contributed by atoms with Crippen molar-refractivity contribution in [2.75, 3.05) is 11.6 Å². The molecule has 2 aromatic carbocycles. The molecule has 2 heterocycles. The largest absolute Gasteiger partial charge is 0.326 e. The van der Waals surface area contributed by atoms with Crippen LogP contribution in [0.2, 0.25) is 0 Å². The van der Waals surface area contributed by atoms with E-state index in [0.717, 1.165) is 46.8 Å². The van der Waals surface area contributed by atoms with Crippen LogP contribution in [0, 0.1) is 5.92 Å². The molecule has 1 saturated carbocycles. The van der Waals surface area contributed by atoms with E-state index in [-0.39, 0.29) is 16.7 Å². The zero-order valence-electron chi connectivity index (χ0n) is 17.3. The lowest BCUT2D eigenvalue weighted by atomic mass is 9.94. The second kappa shape index (κ2) is 7.19. The summed E-state index contributed by atoms with van der Waals surface area (Å²) in [6.07, 6.45) is 3.80. The van der Waals surface area contributed by atoms with E-state index >= 15 is 0 Å². The van der Waals surface area contributed by atoms with Gasteiger partial charge >= 0.3 is 0 Å². The molecule has 3 aromatic rings. The average Bonchev–Trinajstić information content (AvgIpc) is 3.48. The van der Waals surface area contributed by atoms with Crippen LogP contribution in [-0.4, -0.2) is 35.8 Å². The summed E-state index contributed by atoms with van der Waals surface area (Å²) in [6, 6.07) is 13.1. The van der Waals surface area contributed by atoms with Crippen LogP contribution in [0.5, 0.6) is 0 Å². The summed E-state index contributed by atoms with van der Waals surface area (Å²) < 4.78 is 25.6. The van der Waals surface area contributed by atoms with Crippen LogP contribution in [0.1, 0.15) is 37.8 Å². The van der Waals surface area contributed by atoms with Gasteiger partial charge in [0, 0.05) is 35.9 Å². The maximum Gasteiger partial charge on any atom is 0.240 e. The highest BCUT2D eigenvalue weighted by Crippen LogP contribution is 2.41. The number of fused-ring (bicyclic) bond motifs is 1. The lowest BCUT2D eigenvalue weighted by molar-refractivity contribution is -0.121. The maximum atomic E-state index is 11.7. The molecule has 2 N–H and O–H groups in total. The number of carbonyl (C=O) groups is 1. The molecular weight excluding hydrogens is 414 g/mol. The van der Waals surface area contributed by atoms with Gasteiger partial charge in [0.25, 0.3) is 0 Å². The molecule has 1 unspecified atom stereocenters. The number of sulfone groups is 1. The van der Waals surface area contributed by atoms with E-state index in [9.17, 15) is 13.2 Å². The second-order valence-electron chi connectivity index (χ2n) is 8.30. The third kappa shape index (κ3) is 3.81. The number of hydrogen-bond acceptors (Lipinski definition) is 6. The van der Waals surface area contributed by atoms with E-state index in [4.69, 9.17) is 4.98 Å². The van der Waals surface area contributed by atoms with Crippen molar-refractivity contribution in [2.45, 2.75) is 37.1 Å². The van der Waals surface area contributed by atoms with Crippen molar-refractivity contribution in [1.82, 2.24) is 15.0 Å². The predicted octanol–water partition coefficient (Wildman–Crippen LogP) is 3.38. The molecule has 1 fully saturated rings. The Morgan fingerprint density at radius 3 is 2.52 bits per heavy atom. The minimum Gasteiger partial charge on any atom is -0.326 e. The van der Waals surface area contributed by atoms with Gasteiger partial charge < -0.3 is 9.88 Å². The number of carbonyl (C=O) groups excluding carboxylic acids is 1. The second-order valence-corrected chi connectivity index (χ2v) is 10.3. The molecule has 0 spiro atoms. The van der Waals surface area contributed by atoms with Gasteiger partial charge in [-0.15, -0.1) is 0 Å². The molecule has 5 rings (SSSR count). The Labute approximate surface area is 180 Å². The number of anilines is 2. The van der Waals surface area contributed by atoms with E-state index in [1.54, 1.807) is 24.3 Å². The number of rotatable bonds is 5. The minimum absolute atomic E-state index is 0.0504. The summed E-state index contributed by atoms with van der Waals surface area (Å²) in [6.45, 7) is 2.01. The number of hydrazone groups is 1. The number of nitrogens with zero attached hydrogens (tertiary/aromatic N) is 3. The fraction of sp³-hybridized carbons (Fsp3) is 0.318. The van der Waals surface area contributed by atoms with Crippen LogP contribution < -0.4 is 10.7 Å². The van der Waals surface area contributed by atoms with E-state index in [2.05, 4.69) is 26.5 Å². The molecule has 0 radical (unpaired) electrons. The zero-order valence-corrected chi connectivity index (χ0v) is 18.1. The number of amides is 1. The van der Waals surface area contributed by atoms with E-state index < -0.39 is 9.84 Å². The third-order valence-electron chi connectivity index (χ3n) is 5.70. The molecule has 1 amide bonds. The quantitative estimate of drug-likeness (QED) is 0.637. The molecular formula is C22H23N5O3S. The van der Waals surface area contributed by atoms with Crippen LogP contribution in [0.25, 0.3) is 11.0 Å². The first kappa shape index (κ1) is 19.7. The van der Waals surface area contributed by atoms with Gasteiger partial charge in [-0.05, 0) is 49.2 Å². The van der Waals surface area contributed by atoms with Crippen molar-refractivity contribution in [3.63, 3.8) is 0 Å². The SMILES string of the molecule is CC1CC(=O)NN=C1c1ccc2nc(Nc3ccc(S(C)(=O)=O)cc3)n(C3CC3)c2c1. The van der Waals surface area contributed by atoms with Crippen molar-refractivity contribution in [3.05, 3.63) is 48.0 Å². The van der Waals surface area contributed by atoms with Gasteiger partial charge in [0.15, 0.2) is 9.84 Å². The lowest BCUT2D eigenvalue weighted by Gasteiger charge is -2.19. The number of hydrogen-bond donors (Lipinski definition) is 2. The summed E-state index contributed by atoms with van der Waals surface area (Å²) in [7, 11) is -3.23. The van der Waals surface area contributed by atoms with Gasteiger partial charge in [-0.3, -0.25) is 4.79 Å². The van der Waals surface area contributed by atoms with Gasteiger partial charge in [0.05, 0.1) is 21.6 Å². The van der Waals surface area contributed by atoms with Gasteiger partial charge in [-0.2, -0.15) is 5.10 Å². The summed E-state index contributed by atoms with van der Waals surface area (Å²) in [4.78, 5) is 16.7. The van der Waals surface area contributed by atoms with Crippen LogP contribution in [0.3, 0.4) is 0 Å². The topological polar surface area (TPSA) is 105 Å². The summed E-state index contributed by atoms with van der Waals surface area (Å²) in [5.41, 5.74) is 7.10. The summed E-state index contributed by atoms with van der Waals surface area (Å²) in [5.74, 6) is 0.719. The Bertz CT molecular complexity index is 1320. The first-order valence-corrected chi connectivity index (χ1v) is 12.1. The van der Waals surface area contributed by atoms with Crippen molar-refractivity contribution in [2.24, 2.45) is 11.0 Å². The standard InChI is InChI=1S/C22H23N5O3S/c1-13-11-20(28)25-26-21(13)14-3-10-18-19(12-14)27(16-6-7-16)22(24-18)23-15-4-8-17(9-5-15)31(2,29)30/h3-5,8-10,12-13,16H,6-7,11H2,1-2H3,(H,23,24)(H,25,28). The minimum atomic E-state index is -3.23. The Morgan fingerprint density at radius 1 is 1.13 bits per heavy atom. The zero-order chi connectivity index (χ0) is 21.8. The Hall–Kier alpha value is -3.20. The summed E-state index contributed by atoms with van der Waals surface area (Å²) >= 11 is 0. The summed E-state index contributed by atoms with van der Waals surface area (Å²) in [5, 5.41) is 7.63. The van der Waals surface area contributed by atoms with Crippen molar-refractivity contribution >= 4 is 44.1 Å². The van der Waals surface area contributed by atoms with Crippen molar-refractivity contribution in [1.29, 1.82) is 0 Å². The number of imidazole rings is 1. The van der Waals surface area contributed by atoms with Gasteiger partial charge in [-0.1, -0.05) is 13.0 Å². The maximum absolute atomic E-state index is 11.7. The Kier molecular flexibility index (Phi) is 4.58. The fourth-order valence-electron chi connectivity index (χ4n) is 3.96. The molecule has 9 heteroatoms. The van der Waals surface area contributed by atoms with Gasteiger partial charge in [-0.25, -0.2) is 18.8 Å². The Balaban J connectivity index is 1.52. The molecule has 1 aliphatic carbocycles. The smallest absolute Gasteiger partial charge is 0.240 e. The lowest BCUT2D eigenvalue weighted by Crippen LogP contribution is -2.31. The van der Waals surface area contributed by atoms with E-state index in [1.807, 2.05) is 19.1 Å². The van der Waals surface area contributed by atoms with Crippen LogP contribution in [-0.2, 0) is 14.6 Å². The monoisotopic (exact) mass is 437 g/mol. The highest BCUT2D eigenvalue weighted by Gasteiger charge is 2.29. The first-order valence-electron chi connectivity index (χ1n) is 10.3. The highest BCUT2D eigenvalue weighted by atomic mass is 32.2. The molecule has 8 nitrogen and oxygen atoms in total. The number of aromatic nitrogens is 2. The van der Waals surface area contributed by atoms with E-state index in [1.165, 1.54) is 6.26 Å². The first-order chi connectivity index (χ1) is 14.8. The highest BCUT2D eigenvalue weighted by molar-refractivity contribution is 7.90. The molecule has 160 valence electrons. The molecule has 0 bridgehead atoms. The van der Waals surface area contributed by atoms with Gasteiger partial charge in [0.1, 0.15) is 0 Å². The van der Waals surface area contributed by atoms with E-state index in [0.29, 0.717) is 12.5 Å². The van der Waals surface area contributed by atoms with Crippen LogP contribution >= 0.6 is 0 Å². The molecule has 1 aliphatic heterocycles. The van der Waals surface area contributed by atoms with Gasteiger partial charge in [0.2, 0.25) is 11.9 Å². The van der Waals surface area contributed by atoms with Crippen molar-refractivity contribution in [3.8, 4) is 0 Å². The number of nitrogens with one attached hydrogen (secondary N) is 2. The van der Waals surface area contributed by atoms with Crippen LogP contribution in [0.4, 0.5) is 11.6 Å². The third-order valence-corrected chi connectivity index (χ3v) is 6.82. The molecule has 31 heavy (non-hydrogen) atoms. The molecule has 1 aromatic heterocycles. The molecule has 1 atom stereocenters. The average molecular weight is 438 g/mol. The fourth-order valence-corrected chi connectivity index (χ4v) is 4.59. The normalized spacial score (nSPS) is 19.2. The van der Waals surface area contributed by atoms with Crippen LogP contribution in [0.15, 0.2) is 52.5 Å². The molecule has 2 aliphatic rings. The van der Waals surface area contributed by atoms with Crippen molar-refractivity contribution < 1.29 is 13.2 Å². The number of benzene rings is 2. The predicted molar refractivity (Wildman–Crippen MR) is 119 cm³/mol. The Morgan fingerprint density at radius 2 is 1.87 bits per heavy atom. The molecule has 0 saturated heterocycles.